The van der Waals surface area contributed by atoms with Gasteiger partial charge in [0.25, 0.3) is 0 Å². The summed E-state index contributed by atoms with van der Waals surface area (Å²) < 4.78 is 18.1. The molecule has 2 aromatic carbocycles. The lowest BCUT2D eigenvalue weighted by Crippen LogP contribution is -2.19. The van der Waals surface area contributed by atoms with Gasteiger partial charge in [-0.1, -0.05) is 24.3 Å². The van der Waals surface area contributed by atoms with Gasteiger partial charge in [-0.15, -0.1) is 0 Å². The number of rotatable bonds is 6. The molecule has 2 rings (SSSR count). The summed E-state index contributed by atoms with van der Waals surface area (Å²) in [7, 11) is 0. The van der Waals surface area contributed by atoms with Crippen LogP contribution in [0.2, 0.25) is 0 Å². The summed E-state index contributed by atoms with van der Waals surface area (Å²) in [4.78, 5) is 11.8. The Labute approximate surface area is 128 Å². The topological polar surface area (TPSA) is 50.7 Å². The minimum atomic E-state index is -0.309. The number of carbonyl (C=O) groups excluding carboxylic acids is 1. The fraction of sp³-hybridized carbons (Fsp3) is 0.176. The zero-order valence-electron chi connectivity index (χ0n) is 12.3. The lowest BCUT2D eigenvalue weighted by Gasteiger charge is -2.04. The van der Waals surface area contributed by atoms with Crippen LogP contribution in [0.5, 0.6) is 5.75 Å². The zero-order chi connectivity index (χ0) is 15.8. The summed E-state index contributed by atoms with van der Waals surface area (Å²) in [5, 5.41) is 3.84. The van der Waals surface area contributed by atoms with Crippen LogP contribution < -0.4 is 10.2 Å². The third-order valence-corrected chi connectivity index (χ3v) is 2.87. The molecule has 0 aromatic heterocycles. The van der Waals surface area contributed by atoms with E-state index >= 15 is 0 Å². The molecular weight excluding hydrogens is 283 g/mol. The number of benzene rings is 2. The molecule has 1 N–H and O–H groups in total. The van der Waals surface area contributed by atoms with Gasteiger partial charge < -0.3 is 4.74 Å². The number of nitrogens with zero attached hydrogens (tertiary/aromatic N) is 1. The Morgan fingerprint density at radius 3 is 2.50 bits per heavy atom. The SMILES string of the molecule is CCOc1ccc(CC(=O)N/N=C/c2ccc(F)cc2)cc1. The number of ether oxygens (including phenoxy) is 1. The van der Waals surface area contributed by atoms with Gasteiger partial charge in [-0.05, 0) is 42.3 Å². The average molecular weight is 300 g/mol. The summed E-state index contributed by atoms with van der Waals surface area (Å²) in [6.07, 6.45) is 1.70. The first-order chi connectivity index (χ1) is 10.7. The average Bonchev–Trinajstić information content (AvgIpc) is 2.51. The molecule has 0 aliphatic carbocycles. The van der Waals surface area contributed by atoms with Crippen LogP contribution in [-0.2, 0) is 11.2 Å². The van der Waals surface area contributed by atoms with Crippen LogP contribution in [0.15, 0.2) is 53.6 Å². The number of halogens is 1. The van der Waals surface area contributed by atoms with E-state index in [1.807, 2.05) is 31.2 Å². The summed E-state index contributed by atoms with van der Waals surface area (Å²) in [5.74, 6) is 0.250. The minimum Gasteiger partial charge on any atom is -0.494 e. The Hall–Kier alpha value is -2.69. The van der Waals surface area contributed by atoms with Crippen LogP contribution in [0.4, 0.5) is 4.39 Å². The highest BCUT2D eigenvalue weighted by Gasteiger charge is 2.02. The van der Waals surface area contributed by atoms with E-state index in [1.54, 1.807) is 12.1 Å². The molecule has 22 heavy (non-hydrogen) atoms. The number of carbonyl (C=O) groups is 1. The Kier molecular flexibility index (Phi) is 5.65. The quantitative estimate of drug-likeness (QED) is 0.659. The number of nitrogens with one attached hydrogen (secondary N) is 1. The molecule has 114 valence electrons. The summed E-state index contributed by atoms with van der Waals surface area (Å²) >= 11 is 0. The van der Waals surface area contributed by atoms with Crippen LogP contribution in [0.3, 0.4) is 0 Å². The van der Waals surface area contributed by atoms with Crippen LogP contribution in [0.25, 0.3) is 0 Å². The maximum absolute atomic E-state index is 12.7. The van der Waals surface area contributed by atoms with E-state index < -0.39 is 0 Å². The highest BCUT2D eigenvalue weighted by molar-refractivity contribution is 5.83. The van der Waals surface area contributed by atoms with Crippen molar-refractivity contribution in [2.75, 3.05) is 6.61 Å². The fourth-order valence-corrected chi connectivity index (χ4v) is 1.82. The van der Waals surface area contributed by atoms with Crippen LogP contribution in [0, 0.1) is 5.82 Å². The summed E-state index contributed by atoms with van der Waals surface area (Å²) in [5.41, 5.74) is 4.02. The molecule has 0 spiro atoms. The van der Waals surface area contributed by atoms with Gasteiger partial charge in [0.2, 0.25) is 5.91 Å². The van der Waals surface area contributed by atoms with Crippen molar-refractivity contribution in [3.8, 4) is 5.75 Å². The molecular formula is C17H17FN2O2. The fourth-order valence-electron chi connectivity index (χ4n) is 1.82. The third kappa shape index (κ3) is 5.01. The largest absolute Gasteiger partial charge is 0.494 e. The Bertz CT molecular complexity index is 637. The maximum atomic E-state index is 12.7. The molecule has 0 unspecified atom stereocenters. The third-order valence-electron chi connectivity index (χ3n) is 2.87. The molecule has 0 saturated carbocycles. The normalized spacial score (nSPS) is 10.6. The second kappa shape index (κ2) is 7.93. The Morgan fingerprint density at radius 1 is 1.18 bits per heavy atom. The van der Waals surface area contributed by atoms with E-state index in [1.165, 1.54) is 18.3 Å². The van der Waals surface area contributed by atoms with Crippen molar-refractivity contribution in [2.45, 2.75) is 13.3 Å². The molecule has 5 heteroatoms. The lowest BCUT2D eigenvalue weighted by atomic mass is 10.1. The van der Waals surface area contributed by atoms with E-state index in [0.717, 1.165) is 11.3 Å². The van der Waals surface area contributed by atoms with Crippen molar-refractivity contribution >= 4 is 12.1 Å². The summed E-state index contributed by atoms with van der Waals surface area (Å²) in [6.45, 7) is 2.53. The van der Waals surface area contributed by atoms with Crippen molar-refractivity contribution in [1.29, 1.82) is 0 Å². The van der Waals surface area contributed by atoms with E-state index in [4.69, 9.17) is 4.74 Å². The second-order valence-electron chi connectivity index (χ2n) is 4.60. The molecule has 0 atom stereocenters. The van der Waals surface area contributed by atoms with Gasteiger partial charge in [0.15, 0.2) is 0 Å². The van der Waals surface area contributed by atoms with Gasteiger partial charge in [-0.3, -0.25) is 4.79 Å². The van der Waals surface area contributed by atoms with Crippen LogP contribution in [-0.4, -0.2) is 18.7 Å². The molecule has 0 aliphatic heterocycles. The highest BCUT2D eigenvalue weighted by Crippen LogP contribution is 2.12. The smallest absolute Gasteiger partial charge is 0.244 e. The van der Waals surface area contributed by atoms with Crippen molar-refractivity contribution < 1.29 is 13.9 Å². The van der Waals surface area contributed by atoms with E-state index in [-0.39, 0.29) is 18.1 Å². The zero-order valence-corrected chi connectivity index (χ0v) is 12.3. The molecule has 0 heterocycles. The maximum Gasteiger partial charge on any atom is 0.244 e. The van der Waals surface area contributed by atoms with Crippen LogP contribution >= 0.6 is 0 Å². The standard InChI is InChI=1S/C17H17FN2O2/c1-2-22-16-9-5-13(6-10-16)11-17(21)20-19-12-14-3-7-15(18)8-4-14/h3-10,12H,2,11H2,1H3,(H,20,21)/b19-12+. The van der Waals surface area contributed by atoms with E-state index in [9.17, 15) is 9.18 Å². The first-order valence-corrected chi connectivity index (χ1v) is 6.96. The molecule has 0 radical (unpaired) electrons. The minimum absolute atomic E-state index is 0.220. The first-order valence-electron chi connectivity index (χ1n) is 6.96. The van der Waals surface area contributed by atoms with Gasteiger partial charge in [-0.2, -0.15) is 5.10 Å². The van der Waals surface area contributed by atoms with Gasteiger partial charge >= 0.3 is 0 Å². The Morgan fingerprint density at radius 2 is 1.86 bits per heavy atom. The van der Waals surface area contributed by atoms with E-state index in [2.05, 4.69) is 10.5 Å². The molecule has 2 aromatic rings. The first kappa shape index (κ1) is 15.7. The van der Waals surface area contributed by atoms with Gasteiger partial charge in [0.05, 0.1) is 19.2 Å². The van der Waals surface area contributed by atoms with E-state index in [0.29, 0.717) is 12.2 Å². The molecule has 1 amide bonds. The van der Waals surface area contributed by atoms with Crippen molar-refractivity contribution in [3.63, 3.8) is 0 Å². The van der Waals surface area contributed by atoms with Crippen molar-refractivity contribution in [1.82, 2.24) is 5.43 Å². The Balaban J connectivity index is 1.83. The number of amides is 1. The van der Waals surface area contributed by atoms with Crippen molar-refractivity contribution in [2.24, 2.45) is 5.10 Å². The second-order valence-corrected chi connectivity index (χ2v) is 4.60. The lowest BCUT2D eigenvalue weighted by molar-refractivity contribution is -0.120. The van der Waals surface area contributed by atoms with Crippen molar-refractivity contribution in [3.05, 3.63) is 65.5 Å². The number of hydrogen-bond acceptors (Lipinski definition) is 3. The van der Waals surface area contributed by atoms with Crippen LogP contribution in [0.1, 0.15) is 18.1 Å². The molecule has 0 fully saturated rings. The monoisotopic (exact) mass is 300 g/mol. The van der Waals surface area contributed by atoms with Gasteiger partial charge in [0, 0.05) is 0 Å². The highest BCUT2D eigenvalue weighted by atomic mass is 19.1. The number of hydrazone groups is 1. The van der Waals surface area contributed by atoms with Gasteiger partial charge in [-0.25, -0.2) is 9.82 Å². The molecule has 0 saturated heterocycles. The predicted molar refractivity (Wildman–Crippen MR) is 83.5 cm³/mol. The number of hydrogen-bond donors (Lipinski definition) is 1. The molecule has 0 bridgehead atoms. The predicted octanol–water partition coefficient (Wildman–Crippen LogP) is 2.92. The molecule has 0 aliphatic rings. The molecule has 4 nitrogen and oxygen atoms in total. The van der Waals surface area contributed by atoms with Gasteiger partial charge in [0.1, 0.15) is 11.6 Å². The summed E-state index contributed by atoms with van der Waals surface area (Å²) in [6, 6.07) is 13.2.